The van der Waals surface area contributed by atoms with Crippen LogP contribution in [0.5, 0.6) is 0 Å². The van der Waals surface area contributed by atoms with Crippen LogP contribution in [0.25, 0.3) is 0 Å². The zero-order valence-corrected chi connectivity index (χ0v) is 8.76. The van der Waals surface area contributed by atoms with Crippen LogP contribution in [0.4, 0.5) is 4.39 Å². The zero-order chi connectivity index (χ0) is 10.8. The molecule has 1 heterocycles. The molecule has 0 aliphatic carbocycles. The fourth-order valence-corrected chi connectivity index (χ4v) is 1.93. The molecule has 1 aliphatic rings. The van der Waals surface area contributed by atoms with Crippen molar-refractivity contribution in [3.05, 3.63) is 34.6 Å². The average molecular weight is 229 g/mol. The van der Waals surface area contributed by atoms with E-state index in [0.717, 1.165) is 0 Å². The van der Waals surface area contributed by atoms with Crippen LogP contribution in [0.1, 0.15) is 24.5 Å². The van der Waals surface area contributed by atoms with Gasteiger partial charge in [0.1, 0.15) is 11.6 Å². The number of hydrogen-bond donors (Lipinski definition) is 0. The second-order valence-corrected chi connectivity index (χ2v) is 3.93. The van der Waals surface area contributed by atoms with Gasteiger partial charge in [-0.2, -0.15) is 0 Å². The minimum Gasteiger partial charge on any atom is -0.373 e. The van der Waals surface area contributed by atoms with Crippen molar-refractivity contribution in [1.82, 2.24) is 0 Å². The summed E-state index contributed by atoms with van der Waals surface area (Å²) in [6, 6.07) is 4.13. The highest BCUT2D eigenvalue weighted by atomic mass is 35.5. The van der Waals surface area contributed by atoms with E-state index < -0.39 is 0 Å². The van der Waals surface area contributed by atoms with Crippen LogP contribution in [0, 0.1) is 5.82 Å². The van der Waals surface area contributed by atoms with Gasteiger partial charge in [-0.15, -0.1) is 0 Å². The molecule has 1 fully saturated rings. The summed E-state index contributed by atoms with van der Waals surface area (Å²) < 4.78 is 18.2. The molecule has 0 aromatic heterocycles. The molecule has 15 heavy (non-hydrogen) atoms. The van der Waals surface area contributed by atoms with Gasteiger partial charge in [-0.1, -0.05) is 17.7 Å². The second-order valence-electron chi connectivity index (χ2n) is 3.52. The second kappa shape index (κ2) is 4.29. The lowest BCUT2D eigenvalue weighted by molar-refractivity contribution is -0.128. The van der Waals surface area contributed by atoms with Gasteiger partial charge in [-0.25, -0.2) is 4.39 Å². The van der Waals surface area contributed by atoms with Crippen molar-refractivity contribution in [2.75, 3.05) is 6.61 Å². The number of carbonyl (C=O) groups is 1. The van der Waals surface area contributed by atoms with E-state index in [4.69, 9.17) is 16.3 Å². The lowest BCUT2D eigenvalue weighted by Crippen LogP contribution is -2.19. The van der Waals surface area contributed by atoms with Gasteiger partial charge in [0, 0.05) is 23.4 Å². The van der Waals surface area contributed by atoms with Gasteiger partial charge in [0.25, 0.3) is 0 Å². The topological polar surface area (TPSA) is 26.3 Å². The Labute approximate surface area is 92.0 Å². The van der Waals surface area contributed by atoms with Gasteiger partial charge in [-0.3, -0.25) is 4.79 Å². The fourth-order valence-electron chi connectivity index (χ4n) is 1.65. The highest BCUT2D eigenvalue weighted by Crippen LogP contribution is 2.31. The van der Waals surface area contributed by atoms with E-state index in [0.29, 0.717) is 30.0 Å². The number of ketones is 1. The van der Waals surface area contributed by atoms with Crippen LogP contribution in [-0.4, -0.2) is 12.4 Å². The molecule has 0 N–H and O–H groups in total. The molecule has 1 atom stereocenters. The van der Waals surface area contributed by atoms with Crippen molar-refractivity contribution < 1.29 is 13.9 Å². The van der Waals surface area contributed by atoms with Gasteiger partial charge in [0.15, 0.2) is 0 Å². The molecule has 0 spiro atoms. The highest BCUT2D eigenvalue weighted by Gasteiger charge is 2.23. The van der Waals surface area contributed by atoms with Crippen molar-refractivity contribution in [2.24, 2.45) is 0 Å². The predicted molar refractivity (Wildman–Crippen MR) is 54.3 cm³/mol. The molecule has 2 nitrogen and oxygen atoms in total. The minimum absolute atomic E-state index is 0.159. The van der Waals surface area contributed by atoms with Gasteiger partial charge in [0.2, 0.25) is 0 Å². The Morgan fingerprint density at radius 1 is 1.47 bits per heavy atom. The first-order valence-corrected chi connectivity index (χ1v) is 5.13. The van der Waals surface area contributed by atoms with Gasteiger partial charge < -0.3 is 4.74 Å². The molecule has 0 bridgehead atoms. The van der Waals surface area contributed by atoms with Crippen molar-refractivity contribution in [3.63, 3.8) is 0 Å². The van der Waals surface area contributed by atoms with E-state index in [1.165, 1.54) is 12.1 Å². The van der Waals surface area contributed by atoms with Crippen LogP contribution < -0.4 is 0 Å². The molecule has 0 saturated carbocycles. The SMILES string of the molecule is O=C1CCOC(c2ccc(F)cc2Cl)C1. The Morgan fingerprint density at radius 2 is 2.27 bits per heavy atom. The summed E-state index contributed by atoms with van der Waals surface area (Å²) in [5.41, 5.74) is 0.686. The third-order valence-electron chi connectivity index (χ3n) is 2.42. The minimum atomic E-state index is -0.383. The van der Waals surface area contributed by atoms with E-state index in [9.17, 15) is 9.18 Å². The summed E-state index contributed by atoms with van der Waals surface area (Å²) in [6.07, 6.45) is 0.458. The Balaban J connectivity index is 2.24. The summed E-state index contributed by atoms with van der Waals surface area (Å²) in [5.74, 6) is -0.225. The number of hydrogen-bond acceptors (Lipinski definition) is 2. The lowest BCUT2D eigenvalue weighted by Gasteiger charge is -2.22. The smallest absolute Gasteiger partial charge is 0.138 e. The summed E-state index contributed by atoms with van der Waals surface area (Å²) in [7, 11) is 0. The van der Waals surface area contributed by atoms with Crippen LogP contribution in [-0.2, 0) is 9.53 Å². The summed E-state index contributed by atoms with van der Waals surface area (Å²) in [6.45, 7) is 0.414. The maximum Gasteiger partial charge on any atom is 0.138 e. The fraction of sp³-hybridized carbons (Fsp3) is 0.364. The maximum atomic E-state index is 12.8. The van der Waals surface area contributed by atoms with Crippen molar-refractivity contribution >= 4 is 17.4 Å². The number of halogens is 2. The quantitative estimate of drug-likeness (QED) is 0.739. The number of rotatable bonds is 1. The van der Waals surface area contributed by atoms with Crippen molar-refractivity contribution in [2.45, 2.75) is 18.9 Å². The molecular formula is C11H10ClFO2. The molecule has 0 amide bonds. The molecule has 4 heteroatoms. The number of benzene rings is 1. The van der Waals surface area contributed by atoms with Crippen LogP contribution in [0.2, 0.25) is 5.02 Å². The largest absolute Gasteiger partial charge is 0.373 e. The molecule has 2 rings (SSSR count). The average Bonchev–Trinajstić information content (AvgIpc) is 2.17. The van der Waals surface area contributed by atoms with Crippen LogP contribution >= 0.6 is 11.6 Å². The van der Waals surface area contributed by atoms with Crippen LogP contribution in [0.15, 0.2) is 18.2 Å². The Hall–Kier alpha value is -0.930. The Morgan fingerprint density at radius 3 is 2.93 bits per heavy atom. The van der Waals surface area contributed by atoms with Gasteiger partial charge in [-0.05, 0) is 12.1 Å². The lowest BCUT2D eigenvalue weighted by atomic mass is 10.0. The summed E-state index contributed by atoms with van der Waals surface area (Å²) in [5, 5.41) is 0.315. The highest BCUT2D eigenvalue weighted by molar-refractivity contribution is 6.31. The Kier molecular flexibility index (Phi) is 3.03. The summed E-state index contributed by atoms with van der Waals surface area (Å²) >= 11 is 5.88. The first-order chi connectivity index (χ1) is 7.16. The van der Waals surface area contributed by atoms with Crippen LogP contribution in [0.3, 0.4) is 0 Å². The van der Waals surface area contributed by atoms with E-state index in [-0.39, 0.29) is 17.7 Å². The number of ether oxygens (including phenoxy) is 1. The maximum absolute atomic E-state index is 12.8. The normalized spacial score (nSPS) is 21.7. The van der Waals surface area contributed by atoms with Gasteiger partial charge >= 0.3 is 0 Å². The van der Waals surface area contributed by atoms with E-state index in [1.807, 2.05) is 0 Å². The zero-order valence-electron chi connectivity index (χ0n) is 8.00. The first-order valence-electron chi connectivity index (χ1n) is 4.75. The predicted octanol–water partition coefficient (Wildman–Crippen LogP) is 2.90. The third-order valence-corrected chi connectivity index (χ3v) is 2.75. The molecule has 80 valence electrons. The molecule has 1 unspecified atom stereocenters. The van der Waals surface area contributed by atoms with E-state index in [2.05, 4.69) is 0 Å². The Bertz CT molecular complexity index is 392. The molecule has 1 aliphatic heterocycles. The van der Waals surface area contributed by atoms with E-state index in [1.54, 1.807) is 6.07 Å². The molecule has 1 saturated heterocycles. The van der Waals surface area contributed by atoms with E-state index >= 15 is 0 Å². The molecular weight excluding hydrogens is 219 g/mol. The van der Waals surface area contributed by atoms with Gasteiger partial charge in [0.05, 0.1) is 12.7 Å². The monoisotopic (exact) mass is 228 g/mol. The first kappa shape index (κ1) is 10.6. The third kappa shape index (κ3) is 2.36. The van der Waals surface area contributed by atoms with Crippen molar-refractivity contribution in [1.29, 1.82) is 0 Å². The molecule has 1 aromatic carbocycles. The summed E-state index contributed by atoms with van der Waals surface area (Å²) in [4.78, 5) is 11.2. The molecule has 0 radical (unpaired) electrons. The number of carbonyl (C=O) groups excluding carboxylic acids is 1. The number of Topliss-reactive ketones (excluding diaryl/α,β-unsaturated/α-hetero) is 1. The standard InChI is InChI=1S/C11H10ClFO2/c12-10-5-7(13)1-2-9(10)11-6-8(14)3-4-15-11/h1-2,5,11H,3-4,6H2. The van der Waals surface area contributed by atoms with Crippen molar-refractivity contribution in [3.8, 4) is 0 Å². The molecule has 1 aromatic rings.